The van der Waals surface area contributed by atoms with Crippen molar-refractivity contribution < 1.29 is 9.53 Å². The van der Waals surface area contributed by atoms with Gasteiger partial charge in [0.15, 0.2) is 0 Å². The van der Waals surface area contributed by atoms with Gasteiger partial charge < -0.3 is 4.74 Å². The fourth-order valence-electron chi connectivity index (χ4n) is 3.11. The van der Waals surface area contributed by atoms with Gasteiger partial charge in [0.05, 0.1) is 25.2 Å². The lowest BCUT2D eigenvalue weighted by molar-refractivity contribution is -0.115. The molecule has 3 aromatic carbocycles. The van der Waals surface area contributed by atoms with E-state index in [1.165, 1.54) is 0 Å². The Morgan fingerprint density at radius 1 is 0.938 bits per heavy atom. The van der Waals surface area contributed by atoms with Gasteiger partial charge in [-0.25, -0.2) is 10.1 Å². The Hall–Kier alpha value is -4.45. The lowest BCUT2D eigenvalue weighted by atomic mass is 10.0. The van der Waals surface area contributed by atoms with Crippen LogP contribution < -0.4 is 10.2 Å². The molecule has 0 aliphatic carbocycles. The van der Waals surface area contributed by atoms with Crippen molar-refractivity contribution in [3.05, 3.63) is 114 Å². The zero-order valence-electron chi connectivity index (χ0n) is 17.6. The standard InChI is InChI=1S/C26H22N4O2/c1-32-24-14-12-20(13-15-24)17-27-29-26(31)25(22-8-4-2-5-9-22)16-21-18-28-30(19-21)23-10-6-3-7-11-23/h2-19H,1H3,(H,29,31)/b25-16+,27-17+. The van der Waals surface area contributed by atoms with Crippen LogP contribution in [-0.4, -0.2) is 29.0 Å². The molecule has 1 N–H and O–H groups in total. The summed E-state index contributed by atoms with van der Waals surface area (Å²) >= 11 is 0. The Kier molecular flexibility index (Phi) is 6.53. The molecule has 0 bridgehead atoms. The van der Waals surface area contributed by atoms with Gasteiger partial charge in [0, 0.05) is 17.3 Å². The van der Waals surface area contributed by atoms with Crippen molar-refractivity contribution in [2.75, 3.05) is 7.11 Å². The summed E-state index contributed by atoms with van der Waals surface area (Å²) in [4.78, 5) is 13.0. The highest BCUT2D eigenvalue weighted by atomic mass is 16.5. The van der Waals surface area contributed by atoms with Crippen LogP contribution in [-0.2, 0) is 4.79 Å². The van der Waals surface area contributed by atoms with Crippen molar-refractivity contribution in [3.63, 3.8) is 0 Å². The van der Waals surface area contributed by atoms with Crippen molar-refractivity contribution >= 4 is 23.8 Å². The van der Waals surface area contributed by atoms with Crippen molar-refractivity contribution in [2.24, 2.45) is 5.10 Å². The van der Waals surface area contributed by atoms with Crippen LogP contribution in [0.3, 0.4) is 0 Å². The SMILES string of the molecule is COc1ccc(/C=N/NC(=O)/C(=C/c2cnn(-c3ccccc3)c2)c2ccccc2)cc1. The van der Waals surface area contributed by atoms with E-state index in [0.717, 1.165) is 28.1 Å². The first-order chi connectivity index (χ1) is 15.7. The smallest absolute Gasteiger partial charge is 0.271 e. The molecule has 4 rings (SSSR count). The zero-order valence-corrected chi connectivity index (χ0v) is 17.6. The molecule has 1 aromatic heterocycles. The minimum atomic E-state index is -0.312. The molecule has 6 nitrogen and oxygen atoms in total. The maximum atomic E-state index is 13.0. The van der Waals surface area contributed by atoms with Gasteiger partial charge in [-0.15, -0.1) is 0 Å². The second-order valence-electron chi connectivity index (χ2n) is 6.95. The van der Waals surface area contributed by atoms with Crippen LogP contribution in [0, 0.1) is 0 Å². The number of hydrogen-bond donors (Lipinski definition) is 1. The second kappa shape index (κ2) is 10.0. The summed E-state index contributed by atoms with van der Waals surface area (Å²) in [6, 6.07) is 26.7. The molecule has 0 saturated carbocycles. The van der Waals surface area contributed by atoms with Crippen molar-refractivity contribution in [2.45, 2.75) is 0 Å². The van der Waals surface area contributed by atoms with Gasteiger partial charge in [-0.1, -0.05) is 48.5 Å². The second-order valence-corrected chi connectivity index (χ2v) is 6.95. The number of rotatable bonds is 7. The highest BCUT2D eigenvalue weighted by Gasteiger charge is 2.12. The lowest BCUT2D eigenvalue weighted by Crippen LogP contribution is -2.19. The van der Waals surface area contributed by atoms with Gasteiger partial charge in [0.25, 0.3) is 5.91 Å². The summed E-state index contributed by atoms with van der Waals surface area (Å²) in [5, 5.41) is 8.52. The van der Waals surface area contributed by atoms with E-state index >= 15 is 0 Å². The summed E-state index contributed by atoms with van der Waals surface area (Å²) in [7, 11) is 1.62. The Morgan fingerprint density at radius 3 is 2.31 bits per heavy atom. The molecule has 0 unspecified atom stereocenters. The van der Waals surface area contributed by atoms with Gasteiger partial charge in [-0.2, -0.15) is 10.2 Å². The van der Waals surface area contributed by atoms with Gasteiger partial charge >= 0.3 is 0 Å². The summed E-state index contributed by atoms with van der Waals surface area (Å²) < 4.78 is 6.92. The molecule has 4 aromatic rings. The van der Waals surface area contributed by atoms with E-state index in [0.29, 0.717) is 5.57 Å². The molecule has 1 heterocycles. The van der Waals surface area contributed by atoms with Gasteiger partial charge in [-0.3, -0.25) is 4.79 Å². The monoisotopic (exact) mass is 422 g/mol. The van der Waals surface area contributed by atoms with Crippen LogP contribution in [0.15, 0.2) is 102 Å². The summed E-state index contributed by atoms with van der Waals surface area (Å²) in [5.74, 6) is 0.449. The lowest BCUT2D eigenvalue weighted by Gasteiger charge is -2.06. The predicted octanol–water partition coefficient (Wildman–Crippen LogP) is 4.57. The Bertz CT molecular complexity index is 1230. The molecule has 0 atom stereocenters. The normalized spacial score (nSPS) is 11.5. The van der Waals surface area contributed by atoms with Crippen molar-refractivity contribution in [1.29, 1.82) is 0 Å². The third-order valence-electron chi connectivity index (χ3n) is 4.76. The van der Waals surface area contributed by atoms with Crippen LogP contribution in [0.4, 0.5) is 0 Å². The zero-order chi connectivity index (χ0) is 22.2. The minimum absolute atomic E-state index is 0.312. The van der Waals surface area contributed by atoms with Crippen LogP contribution in [0.25, 0.3) is 17.3 Å². The first kappa shape index (κ1) is 20.8. The van der Waals surface area contributed by atoms with Gasteiger partial charge in [0.1, 0.15) is 5.75 Å². The number of carbonyl (C=O) groups is 1. The summed E-state index contributed by atoms with van der Waals surface area (Å²) in [6.45, 7) is 0. The van der Waals surface area contributed by atoms with Crippen molar-refractivity contribution in [1.82, 2.24) is 15.2 Å². The number of benzene rings is 3. The number of ether oxygens (including phenoxy) is 1. The predicted molar refractivity (Wildman–Crippen MR) is 127 cm³/mol. The van der Waals surface area contributed by atoms with Crippen molar-refractivity contribution in [3.8, 4) is 11.4 Å². The van der Waals surface area contributed by atoms with Crippen LogP contribution in [0.5, 0.6) is 5.75 Å². The van der Waals surface area contributed by atoms with E-state index < -0.39 is 0 Å². The minimum Gasteiger partial charge on any atom is -0.497 e. The molecule has 32 heavy (non-hydrogen) atoms. The quantitative estimate of drug-likeness (QED) is 0.269. The average molecular weight is 422 g/mol. The number of nitrogens with one attached hydrogen (secondary N) is 1. The Labute approximate surface area is 186 Å². The van der Waals surface area contributed by atoms with E-state index in [4.69, 9.17) is 4.74 Å². The van der Waals surface area contributed by atoms with E-state index in [1.54, 1.807) is 30.3 Å². The summed E-state index contributed by atoms with van der Waals surface area (Å²) in [6.07, 6.45) is 7.00. The molecule has 0 spiro atoms. The van der Waals surface area contributed by atoms with E-state index in [2.05, 4.69) is 15.6 Å². The molecular weight excluding hydrogens is 400 g/mol. The third-order valence-corrected chi connectivity index (χ3v) is 4.76. The molecule has 0 aliphatic heterocycles. The number of nitrogens with zero attached hydrogens (tertiary/aromatic N) is 3. The molecule has 158 valence electrons. The third kappa shape index (κ3) is 5.17. The summed E-state index contributed by atoms with van der Waals surface area (Å²) in [5.41, 5.74) is 6.50. The van der Waals surface area contributed by atoms with Gasteiger partial charge in [0.2, 0.25) is 0 Å². The first-order valence-electron chi connectivity index (χ1n) is 10.1. The molecule has 0 aliphatic rings. The average Bonchev–Trinajstić information content (AvgIpc) is 3.33. The topological polar surface area (TPSA) is 68.5 Å². The fraction of sp³-hybridized carbons (Fsp3) is 0.0385. The maximum absolute atomic E-state index is 13.0. The molecular formula is C26H22N4O2. The molecule has 0 saturated heterocycles. The van der Waals surface area contributed by atoms with Crippen LogP contribution in [0.2, 0.25) is 0 Å². The van der Waals surface area contributed by atoms with Crippen LogP contribution >= 0.6 is 0 Å². The number of aromatic nitrogens is 2. The van der Waals surface area contributed by atoms with E-state index in [1.807, 2.05) is 91.1 Å². The molecule has 0 radical (unpaired) electrons. The largest absolute Gasteiger partial charge is 0.497 e. The van der Waals surface area contributed by atoms with Gasteiger partial charge in [-0.05, 0) is 53.6 Å². The Morgan fingerprint density at radius 2 is 1.62 bits per heavy atom. The maximum Gasteiger partial charge on any atom is 0.271 e. The number of hydrogen-bond acceptors (Lipinski definition) is 4. The Balaban J connectivity index is 1.56. The number of carbonyl (C=O) groups excluding carboxylic acids is 1. The van der Waals surface area contributed by atoms with E-state index in [-0.39, 0.29) is 5.91 Å². The van der Waals surface area contributed by atoms with E-state index in [9.17, 15) is 4.79 Å². The first-order valence-corrected chi connectivity index (χ1v) is 10.1. The number of methoxy groups -OCH3 is 1. The fourth-order valence-corrected chi connectivity index (χ4v) is 3.11. The number of hydrazone groups is 1. The molecule has 0 fully saturated rings. The molecule has 1 amide bonds. The number of amides is 1. The molecule has 6 heteroatoms. The number of para-hydroxylation sites is 1. The van der Waals surface area contributed by atoms with Crippen LogP contribution in [0.1, 0.15) is 16.7 Å². The highest BCUT2D eigenvalue weighted by molar-refractivity contribution is 6.24. The highest BCUT2D eigenvalue weighted by Crippen LogP contribution is 2.19.